The lowest BCUT2D eigenvalue weighted by atomic mass is 9.67. The third kappa shape index (κ3) is 6.13. The SMILES string of the molecule is N=C(N=C(/C=C/n1c2ccccc2c2c3c(ccc21)-c1ccccc1C3(c1ccccc1)c1ccccc1)n1c2ccccc2c2c3c(ccc21)-c1ccccc1C3(c1ccccc1)c1ccccc1)C1=CC=CCC1. The largest absolute Gasteiger partial charge is 0.316 e. The molecule has 3 aliphatic carbocycles. The van der Waals surface area contributed by atoms with Crippen molar-refractivity contribution in [3.05, 3.63) is 317 Å². The van der Waals surface area contributed by atoms with E-state index >= 15 is 0 Å². The van der Waals surface area contributed by atoms with Gasteiger partial charge in [0.25, 0.3) is 0 Å². The van der Waals surface area contributed by atoms with Crippen molar-refractivity contribution in [1.29, 1.82) is 5.41 Å². The number of hydrogen-bond acceptors (Lipinski definition) is 1. The Morgan fingerprint density at radius 1 is 0.434 bits per heavy atom. The summed E-state index contributed by atoms with van der Waals surface area (Å²) in [5, 5.41) is 14.5. The second-order valence-electron chi connectivity index (χ2n) is 20.4. The number of rotatable bonds is 7. The highest BCUT2D eigenvalue weighted by Gasteiger charge is 2.49. The molecule has 4 heteroatoms. The fourth-order valence-electron chi connectivity index (χ4n) is 13.7. The number of para-hydroxylation sites is 2. The molecular formula is C72H50N4. The number of hydrogen-bond donors (Lipinski definition) is 1. The van der Waals surface area contributed by atoms with E-state index in [1.165, 1.54) is 82.9 Å². The Balaban J connectivity index is 1.02. The van der Waals surface area contributed by atoms with E-state index in [1.54, 1.807) is 0 Å². The van der Waals surface area contributed by atoms with Crippen LogP contribution in [-0.2, 0) is 10.8 Å². The smallest absolute Gasteiger partial charge is 0.150 e. The number of amidine groups is 1. The lowest BCUT2D eigenvalue weighted by molar-refractivity contribution is 0.776. The second-order valence-corrected chi connectivity index (χ2v) is 20.4. The highest BCUT2D eigenvalue weighted by atomic mass is 15.1. The van der Waals surface area contributed by atoms with Crippen LogP contribution in [0.15, 0.2) is 278 Å². The maximum atomic E-state index is 9.76. The Hall–Kier alpha value is -9.64. The summed E-state index contributed by atoms with van der Waals surface area (Å²) in [7, 11) is 0. The molecule has 0 spiro atoms. The first kappa shape index (κ1) is 43.9. The summed E-state index contributed by atoms with van der Waals surface area (Å²) in [6, 6.07) is 89.1. The van der Waals surface area contributed by atoms with Crippen molar-refractivity contribution in [2.75, 3.05) is 0 Å². The van der Waals surface area contributed by atoms with Gasteiger partial charge in [-0.15, -0.1) is 0 Å². The average molecular weight is 971 g/mol. The highest BCUT2D eigenvalue weighted by Crippen LogP contribution is 2.61. The molecule has 0 saturated heterocycles. The predicted octanol–water partition coefficient (Wildman–Crippen LogP) is 17.3. The third-order valence-electron chi connectivity index (χ3n) is 16.7. The van der Waals surface area contributed by atoms with Gasteiger partial charge in [-0.3, -0.25) is 9.98 Å². The molecule has 358 valence electrons. The first-order valence-electron chi connectivity index (χ1n) is 26.4. The number of benzene rings is 10. The Bertz CT molecular complexity index is 4370. The van der Waals surface area contributed by atoms with Gasteiger partial charge < -0.3 is 4.57 Å². The monoisotopic (exact) mass is 970 g/mol. The zero-order valence-corrected chi connectivity index (χ0v) is 41.7. The normalized spacial score (nSPS) is 15.1. The van der Waals surface area contributed by atoms with Crippen molar-refractivity contribution < 1.29 is 0 Å². The standard InChI is InChI=1S/C72H50N4/c73-70(48-24-6-1-7-25-48)74-65(76-62-41-23-19-37-58(62)67-64(76)45-43-56-54-35-17-21-39-60(54)72(69(56)67,51-30-12-4-13-31-51)52-32-14-5-15-33-52)46-47-75-61-40-22-18-36-57(61)66-63(75)44-42-55-53-34-16-20-38-59(53)71(68(55)66,49-26-8-2-9-27-49)50-28-10-3-11-29-50/h1-6,8-24,26-47,73H,7,25H2/b47-46+,73-70?,74-65?. The molecule has 15 rings (SSSR count). The number of fused-ring (bicyclic) bond motifs is 14. The van der Waals surface area contributed by atoms with Crippen molar-refractivity contribution in [3.8, 4) is 22.3 Å². The van der Waals surface area contributed by atoms with Crippen LogP contribution < -0.4 is 0 Å². The molecule has 0 radical (unpaired) electrons. The molecule has 0 aliphatic heterocycles. The van der Waals surface area contributed by atoms with Crippen LogP contribution in [0.1, 0.15) is 57.3 Å². The van der Waals surface area contributed by atoms with Gasteiger partial charge in [0.2, 0.25) is 0 Å². The van der Waals surface area contributed by atoms with E-state index in [9.17, 15) is 5.41 Å². The van der Waals surface area contributed by atoms with E-state index in [1.807, 2.05) is 0 Å². The van der Waals surface area contributed by atoms with Gasteiger partial charge in [0.1, 0.15) is 11.7 Å². The summed E-state index contributed by atoms with van der Waals surface area (Å²) in [5.74, 6) is 0.925. The highest BCUT2D eigenvalue weighted by molar-refractivity contribution is 6.23. The summed E-state index contributed by atoms with van der Waals surface area (Å²) in [6.07, 6.45) is 12.3. The molecule has 2 heterocycles. The molecule has 3 aliphatic rings. The molecular weight excluding hydrogens is 921 g/mol. The minimum atomic E-state index is -0.625. The van der Waals surface area contributed by atoms with Gasteiger partial charge in [-0.2, -0.15) is 0 Å². The van der Waals surface area contributed by atoms with E-state index < -0.39 is 10.8 Å². The average Bonchev–Trinajstić information content (AvgIpc) is 4.31. The number of allylic oxidation sites excluding steroid dienone is 4. The molecule has 0 bridgehead atoms. The predicted molar refractivity (Wildman–Crippen MR) is 316 cm³/mol. The van der Waals surface area contributed by atoms with Crippen LogP contribution in [0.25, 0.3) is 72.1 Å². The van der Waals surface area contributed by atoms with Gasteiger partial charge in [0.15, 0.2) is 0 Å². The van der Waals surface area contributed by atoms with Gasteiger partial charge in [-0.1, -0.05) is 237 Å². The lowest BCUT2D eigenvalue weighted by Crippen LogP contribution is -2.28. The molecule has 10 aromatic carbocycles. The van der Waals surface area contributed by atoms with E-state index in [0.717, 1.165) is 45.9 Å². The molecule has 76 heavy (non-hydrogen) atoms. The maximum absolute atomic E-state index is 9.76. The van der Waals surface area contributed by atoms with Crippen LogP contribution in [0.2, 0.25) is 0 Å². The summed E-state index contributed by atoms with van der Waals surface area (Å²) < 4.78 is 4.67. The number of aliphatic imine (C=N–C) groups is 1. The Morgan fingerprint density at radius 2 is 0.882 bits per heavy atom. The molecule has 0 unspecified atom stereocenters. The van der Waals surface area contributed by atoms with Crippen LogP contribution in [0, 0.1) is 5.41 Å². The number of nitrogens with zero attached hydrogens (tertiary/aromatic N) is 3. The fraction of sp³-hybridized carbons (Fsp3) is 0.0556. The first-order chi connectivity index (χ1) is 37.7. The van der Waals surface area contributed by atoms with Gasteiger partial charge in [-0.05, 0) is 116 Å². The molecule has 12 aromatic rings. The molecule has 1 N–H and O–H groups in total. The molecule has 4 nitrogen and oxygen atoms in total. The molecule has 0 atom stereocenters. The molecule has 2 aromatic heterocycles. The van der Waals surface area contributed by atoms with Gasteiger partial charge in [0, 0.05) is 27.7 Å². The van der Waals surface area contributed by atoms with Crippen molar-refractivity contribution in [1.82, 2.24) is 9.13 Å². The van der Waals surface area contributed by atoms with Crippen molar-refractivity contribution in [2.24, 2.45) is 4.99 Å². The first-order valence-corrected chi connectivity index (χ1v) is 26.4. The summed E-state index contributed by atoms with van der Waals surface area (Å²) in [6.45, 7) is 0. The number of aromatic nitrogens is 2. The van der Waals surface area contributed by atoms with E-state index in [-0.39, 0.29) is 5.84 Å². The van der Waals surface area contributed by atoms with Crippen LogP contribution in [-0.4, -0.2) is 20.8 Å². The fourth-order valence-corrected chi connectivity index (χ4v) is 13.7. The quantitative estimate of drug-likeness (QED) is 0.122. The van der Waals surface area contributed by atoms with E-state index in [0.29, 0.717) is 5.84 Å². The zero-order chi connectivity index (χ0) is 50.4. The van der Waals surface area contributed by atoms with Crippen LogP contribution >= 0.6 is 0 Å². The Labute approximate surface area is 441 Å². The summed E-state index contributed by atoms with van der Waals surface area (Å²) >= 11 is 0. The van der Waals surface area contributed by atoms with Crippen molar-refractivity contribution >= 4 is 61.5 Å². The topological polar surface area (TPSA) is 46.1 Å². The minimum absolute atomic E-state index is 0.264. The second kappa shape index (κ2) is 17.2. The maximum Gasteiger partial charge on any atom is 0.150 e. The van der Waals surface area contributed by atoms with Gasteiger partial charge >= 0.3 is 0 Å². The van der Waals surface area contributed by atoms with Crippen LogP contribution in [0.5, 0.6) is 0 Å². The number of nitrogens with one attached hydrogen (secondary N) is 1. The van der Waals surface area contributed by atoms with E-state index in [4.69, 9.17) is 4.99 Å². The minimum Gasteiger partial charge on any atom is -0.316 e. The van der Waals surface area contributed by atoms with Crippen LogP contribution in [0.4, 0.5) is 0 Å². The summed E-state index contributed by atoms with van der Waals surface area (Å²) in [4.78, 5) is 5.44. The van der Waals surface area contributed by atoms with Crippen LogP contribution in [0.3, 0.4) is 0 Å². The van der Waals surface area contributed by atoms with E-state index in [2.05, 4.69) is 282 Å². The Kier molecular flexibility index (Phi) is 9.95. The van der Waals surface area contributed by atoms with Crippen molar-refractivity contribution in [3.63, 3.8) is 0 Å². The van der Waals surface area contributed by atoms with Gasteiger partial charge in [0.05, 0.1) is 32.9 Å². The van der Waals surface area contributed by atoms with Gasteiger partial charge in [-0.25, -0.2) is 4.99 Å². The third-order valence-corrected chi connectivity index (χ3v) is 16.7. The Morgan fingerprint density at radius 3 is 1.41 bits per heavy atom. The molecule has 0 saturated carbocycles. The lowest BCUT2D eigenvalue weighted by Gasteiger charge is -2.34. The molecule has 0 fully saturated rings. The molecule has 0 amide bonds. The summed E-state index contributed by atoms with van der Waals surface area (Å²) in [5.41, 5.74) is 18.9. The zero-order valence-electron chi connectivity index (χ0n) is 41.7. The van der Waals surface area contributed by atoms with Crippen molar-refractivity contribution in [2.45, 2.75) is 23.7 Å².